The van der Waals surface area contributed by atoms with E-state index in [0.717, 1.165) is 12.8 Å². The molecule has 1 fully saturated rings. The van der Waals surface area contributed by atoms with E-state index in [1.54, 1.807) is 0 Å². The highest BCUT2D eigenvalue weighted by Crippen LogP contribution is 2.26. The maximum atomic E-state index is 9.19. The summed E-state index contributed by atoms with van der Waals surface area (Å²) in [4.78, 5) is 2.06. The monoisotopic (exact) mass is 254 g/mol. The predicted octanol–water partition coefficient (Wildman–Crippen LogP) is 0.920. The first kappa shape index (κ1) is 13.3. The summed E-state index contributed by atoms with van der Waals surface area (Å²) in [5.74, 6) is 0.589. The molecule has 0 amide bonds. The highest BCUT2D eigenvalue weighted by Gasteiger charge is 2.24. The van der Waals surface area contributed by atoms with Crippen molar-refractivity contribution in [2.75, 3.05) is 25.1 Å². The molecule has 0 atom stereocenters. The third kappa shape index (κ3) is 3.20. The molecule has 1 saturated carbocycles. The van der Waals surface area contributed by atoms with Crippen LogP contribution in [0.15, 0.2) is 4.42 Å². The van der Waals surface area contributed by atoms with Gasteiger partial charge in [-0.25, -0.2) is 0 Å². The molecule has 0 aromatic carbocycles. The van der Waals surface area contributed by atoms with E-state index < -0.39 is 0 Å². The molecule has 1 aliphatic rings. The molecule has 0 radical (unpaired) electrons. The number of hydrogen-bond donors (Lipinski definition) is 2. The van der Waals surface area contributed by atoms with Crippen LogP contribution in [0.2, 0.25) is 0 Å². The lowest BCUT2D eigenvalue weighted by Crippen LogP contribution is -2.39. The smallest absolute Gasteiger partial charge is 0.318 e. The van der Waals surface area contributed by atoms with Crippen LogP contribution in [0.3, 0.4) is 0 Å². The van der Waals surface area contributed by atoms with E-state index in [1.807, 2.05) is 7.05 Å². The Morgan fingerprint density at radius 1 is 1.33 bits per heavy atom. The van der Waals surface area contributed by atoms with Gasteiger partial charge in [-0.1, -0.05) is 24.4 Å². The van der Waals surface area contributed by atoms with Crippen molar-refractivity contribution in [3.63, 3.8) is 0 Å². The van der Waals surface area contributed by atoms with Crippen molar-refractivity contribution in [2.45, 2.75) is 44.7 Å². The Morgan fingerprint density at radius 3 is 2.78 bits per heavy atom. The molecular weight excluding hydrogens is 232 g/mol. The molecule has 0 aliphatic heterocycles. The molecule has 1 aromatic rings. The van der Waals surface area contributed by atoms with Crippen LogP contribution in [-0.2, 0) is 6.54 Å². The Morgan fingerprint density at radius 2 is 2.11 bits per heavy atom. The molecule has 102 valence electrons. The minimum absolute atomic E-state index is 0.111. The quantitative estimate of drug-likeness (QED) is 0.786. The van der Waals surface area contributed by atoms with Gasteiger partial charge in [0, 0.05) is 12.6 Å². The Balaban J connectivity index is 2.06. The van der Waals surface area contributed by atoms with Gasteiger partial charge in [-0.15, -0.1) is 5.10 Å². The summed E-state index contributed by atoms with van der Waals surface area (Å²) >= 11 is 0. The maximum absolute atomic E-state index is 9.19. The van der Waals surface area contributed by atoms with Crippen molar-refractivity contribution in [1.82, 2.24) is 15.5 Å². The summed E-state index contributed by atoms with van der Waals surface area (Å²) in [5.41, 5.74) is 0. The van der Waals surface area contributed by atoms with Crippen LogP contribution < -0.4 is 10.2 Å². The van der Waals surface area contributed by atoms with Crippen LogP contribution in [0.4, 0.5) is 6.01 Å². The third-order valence-electron chi connectivity index (χ3n) is 3.39. The SMILES string of the molecule is CNCc1nnc(N(CCO)C2CCCCC2)o1. The van der Waals surface area contributed by atoms with Gasteiger partial charge >= 0.3 is 6.01 Å². The van der Waals surface area contributed by atoms with Gasteiger partial charge in [0.1, 0.15) is 0 Å². The van der Waals surface area contributed by atoms with Crippen molar-refractivity contribution in [3.05, 3.63) is 5.89 Å². The third-order valence-corrected chi connectivity index (χ3v) is 3.39. The molecule has 0 unspecified atom stereocenters. The van der Waals surface area contributed by atoms with Crippen molar-refractivity contribution in [2.24, 2.45) is 0 Å². The van der Waals surface area contributed by atoms with Crippen LogP contribution in [0.1, 0.15) is 38.0 Å². The van der Waals surface area contributed by atoms with Crippen LogP contribution in [-0.4, -0.2) is 41.5 Å². The minimum atomic E-state index is 0.111. The van der Waals surface area contributed by atoms with Crippen molar-refractivity contribution >= 4 is 6.01 Å². The Labute approximate surface area is 107 Å². The molecule has 2 rings (SSSR count). The molecule has 0 saturated heterocycles. The standard InChI is InChI=1S/C12H22N4O2/c1-13-9-11-14-15-12(18-11)16(7-8-17)10-5-3-2-4-6-10/h10,13,17H,2-9H2,1H3. The van der Waals surface area contributed by atoms with Gasteiger partial charge in [0.25, 0.3) is 0 Å². The van der Waals surface area contributed by atoms with Gasteiger partial charge in [0.05, 0.1) is 13.2 Å². The zero-order valence-corrected chi connectivity index (χ0v) is 10.9. The molecule has 0 spiro atoms. The fraction of sp³-hybridized carbons (Fsp3) is 0.833. The van der Waals surface area contributed by atoms with E-state index in [4.69, 9.17) is 4.42 Å². The number of nitrogens with zero attached hydrogens (tertiary/aromatic N) is 3. The van der Waals surface area contributed by atoms with Crippen LogP contribution >= 0.6 is 0 Å². The van der Waals surface area contributed by atoms with Gasteiger partial charge in [0.2, 0.25) is 5.89 Å². The number of aliphatic hydroxyl groups excluding tert-OH is 1. The van der Waals surface area contributed by atoms with Gasteiger partial charge in [-0.05, 0) is 19.9 Å². The number of nitrogens with one attached hydrogen (secondary N) is 1. The molecule has 18 heavy (non-hydrogen) atoms. The number of aliphatic hydroxyl groups is 1. The van der Waals surface area contributed by atoms with E-state index >= 15 is 0 Å². The van der Waals surface area contributed by atoms with E-state index in [2.05, 4.69) is 20.4 Å². The second-order valence-corrected chi connectivity index (χ2v) is 4.72. The fourth-order valence-electron chi connectivity index (χ4n) is 2.52. The van der Waals surface area contributed by atoms with Gasteiger partial charge < -0.3 is 19.7 Å². The van der Waals surface area contributed by atoms with Gasteiger partial charge in [0.15, 0.2) is 0 Å². The molecule has 0 bridgehead atoms. The number of anilines is 1. The summed E-state index contributed by atoms with van der Waals surface area (Å²) in [6, 6.07) is 0.968. The zero-order chi connectivity index (χ0) is 12.8. The molecule has 2 N–H and O–H groups in total. The van der Waals surface area contributed by atoms with Crippen LogP contribution in [0, 0.1) is 0 Å². The largest absolute Gasteiger partial charge is 0.407 e. The second kappa shape index (κ2) is 6.70. The normalized spacial score (nSPS) is 17.0. The first-order valence-corrected chi connectivity index (χ1v) is 6.69. The van der Waals surface area contributed by atoms with E-state index in [1.165, 1.54) is 19.3 Å². The molecule has 6 nitrogen and oxygen atoms in total. The first-order valence-electron chi connectivity index (χ1n) is 6.69. The zero-order valence-electron chi connectivity index (χ0n) is 10.9. The van der Waals surface area contributed by atoms with E-state index in [9.17, 15) is 5.11 Å². The lowest BCUT2D eigenvalue weighted by atomic mass is 9.94. The molecule has 1 aliphatic carbocycles. The van der Waals surface area contributed by atoms with Crippen molar-refractivity contribution in [1.29, 1.82) is 0 Å². The van der Waals surface area contributed by atoms with Crippen LogP contribution in [0.25, 0.3) is 0 Å². The number of aromatic nitrogens is 2. The summed E-state index contributed by atoms with van der Waals surface area (Å²) in [5, 5.41) is 20.3. The number of rotatable bonds is 6. The Hall–Kier alpha value is -1.14. The number of hydrogen-bond acceptors (Lipinski definition) is 6. The van der Waals surface area contributed by atoms with E-state index in [0.29, 0.717) is 31.0 Å². The Bertz CT molecular complexity index is 350. The summed E-state index contributed by atoms with van der Waals surface area (Å²) < 4.78 is 5.62. The average molecular weight is 254 g/mol. The van der Waals surface area contributed by atoms with Crippen molar-refractivity contribution in [3.8, 4) is 0 Å². The van der Waals surface area contributed by atoms with Gasteiger partial charge in [-0.3, -0.25) is 0 Å². The second-order valence-electron chi connectivity index (χ2n) is 4.72. The molecule has 1 aromatic heterocycles. The van der Waals surface area contributed by atoms with Crippen LogP contribution in [0.5, 0.6) is 0 Å². The molecular formula is C12H22N4O2. The molecule has 6 heteroatoms. The Kier molecular flexibility index (Phi) is 4.95. The van der Waals surface area contributed by atoms with Crippen molar-refractivity contribution < 1.29 is 9.52 Å². The summed E-state index contributed by atoms with van der Waals surface area (Å²) in [7, 11) is 1.84. The first-order chi connectivity index (χ1) is 8.85. The predicted molar refractivity (Wildman–Crippen MR) is 68.4 cm³/mol. The summed E-state index contributed by atoms with van der Waals surface area (Å²) in [6.45, 7) is 1.25. The lowest BCUT2D eigenvalue weighted by molar-refractivity contribution is 0.283. The molecule has 1 heterocycles. The summed E-state index contributed by atoms with van der Waals surface area (Å²) in [6.07, 6.45) is 6.07. The maximum Gasteiger partial charge on any atom is 0.318 e. The minimum Gasteiger partial charge on any atom is -0.407 e. The topological polar surface area (TPSA) is 74.4 Å². The van der Waals surface area contributed by atoms with Gasteiger partial charge in [-0.2, -0.15) is 0 Å². The highest BCUT2D eigenvalue weighted by molar-refractivity contribution is 5.26. The highest BCUT2D eigenvalue weighted by atomic mass is 16.4. The lowest BCUT2D eigenvalue weighted by Gasteiger charge is -2.32. The fourth-order valence-corrected chi connectivity index (χ4v) is 2.52. The van der Waals surface area contributed by atoms with E-state index in [-0.39, 0.29) is 6.61 Å². The average Bonchev–Trinajstić information content (AvgIpc) is 2.86.